The predicted molar refractivity (Wildman–Crippen MR) is 90.7 cm³/mol. The summed E-state index contributed by atoms with van der Waals surface area (Å²) < 4.78 is 4.95. The van der Waals surface area contributed by atoms with E-state index in [0.717, 1.165) is 0 Å². The van der Waals surface area contributed by atoms with Gasteiger partial charge in [-0.25, -0.2) is 4.79 Å². The van der Waals surface area contributed by atoms with Gasteiger partial charge in [0, 0.05) is 33.5 Å². The van der Waals surface area contributed by atoms with Crippen LogP contribution in [0, 0.1) is 12.8 Å². The Bertz CT molecular complexity index is 720. The van der Waals surface area contributed by atoms with Crippen LogP contribution < -0.4 is 0 Å². The Hall–Kier alpha value is -2.45. The molecule has 2 aliphatic heterocycles. The number of nitrogens with zero attached hydrogens (tertiary/aromatic N) is 5. The maximum atomic E-state index is 13.2. The fraction of sp³-hybridized carbons (Fsp3) is 0.706. The lowest BCUT2D eigenvalue weighted by atomic mass is 9.85. The number of aromatic nitrogens is 2. The highest BCUT2D eigenvalue weighted by Crippen LogP contribution is 2.38. The summed E-state index contributed by atoms with van der Waals surface area (Å²) in [5.74, 6) is 0.691. The van der Waals surface area contributed by atoms with Gasteiger partial charge in [-0.3, -0.25) is 14.5 Å². The zero-order valence-electron chi connectivity index (χ0n) is 15.7. The number of aryl methyl sites for hydroxylation is 1. The van der Waals surface area contributed by atoms with Crippen LogP contribution in [-0.2, 0) is 16.1 Å². The second kappa shape index (κ2) is 6.69. The molecule has 142 valence electrons. The summed E-state index contributed by atoms with van der Waals surface area (Å²) in [7, 11) is 0. The van der Waals surface area contributed by atoms with Crippen LogP contribution in [0.1, 0.15) is 45.3 Å². The molecular formula is C17H25N5O4. The molecule has 26 heavy (non-hydrogen) atoms. The van der Waals surface area contributed by atoms with Crippen LogP contribution in [0.25, 0.3) is 0 Å². The lowest BCUT2D eigenvalue weighted by Gasteiger charge is -2.42. The average Bonchev–Trinajstić information content (AvgIpc) is 3.07. The molecule has 2 fully saturated rings. The van der Waals surface area contributed by atoms with Gasteiger partial charge in [0.15, 0.2) is 5.82 Å². The minimum atomic E-state index is -0.883. The summed E-state index contributed by atoms with van der Waals surface area (Å²) in [4.78, 5) is 46.6. The molecule has 1 aromatic rings. The van der Waals surface area contributed by atoms with E-state index in [1.807, 2.05) is 13.8 Å². The number of rotatable bonds is 4. The first-order chi connectivity index (χ1) is 12.2. The van der Waals surface area contributed by atoms with Gasteiger partial charge in [0.25, 0.3) is 5.91 Å². The monoisotopic (exact) mass is 363 g/mol. The molecule has 0 radical (unpaired) electrons. The van der Waals surface area contributed by atoms with Gasteiger partial charge in [-0.05, 0) is 18.8 Å². The minimum Gasteiger partial charge on any atom is -0.343 e. The molecule has 2 aliphatic rings. The molecule has 9 nitrogen and oxygen atoms in total. The molecule has 0 N–H and O–H groups in total. The highest BCUT2D eigenvalue weighted by Gasteiger charge is 2.58. The van der Waals surface area contributed by atoms with Crippen LogP contribution in [0.2, 0.25) is 0 Å². The van der Waals surface area contributed by atoms with E-state index in [-0.39, 0.29) is 30.3 Å². The number of piperidine rings is 1. The second-order valence-corrected chi connectivity index (χ2v) is 7.45. The van der Waals surface area contributed by atoms with Crippen LogP contribution >= 0.6 is 0 Å². The van der Waals surface area contributed by atoms with Gasteiger partial charge >= 0.3 is 6.03 Å². The van der Waals surface area contributed by atoms with E-state index in [1.54, 1.807) is 16.7 Å². The largest absolute Gasteiger partial charge is 0.343 e. The van der Waals surface area contributed by atoms with Gasteiger partial charge in [-0.1, -0.05) is 19.0 Å². The van der Waals surface area contributed by atoms with Gasteiger partial charge < -0.3 is 14.3 Å². The molecule has 9 heteroatoms. The number of imide groups is 1. The van der Waals surface area contributed by atoms with Crippen LogP contribution in [0.5, 0.6) is 0 Å². The SMILES string of the molecule is CC(=O)N1CCC2(CC1)C(=O)N(Cc1noc(C)n1)C(=O)N2CC(C)C. The smallest absolute Gasteiger partial charge is 0.328 e. The third kappa shape index (κ3) is 3.06. The summed E-state index contributed by atoms with van der Waals surface area (Å²) in [6, 6.07) is -0.317. The predicted octanol–water partition coefficient (Wildman–Crippen LogP) is 1.18. The minimum absolute atomic E-state index is 0.00176. The maximum absolute atomic E-state index is 13.2. The molecule has 2 saturated heterocycles. The van der Waals surface area contributed by atoms with E-state index < -0.39 is 5.54 Å². The van der Waals surface area contributed by atoms with E-state index in [9.17, 15) is 14.4 Å². The lowest BCUT2D eigenvalue weighted by Crippen LogP contribution is -2.57. The topological polar surface area (TPSA) is 99.9 Å². The fourth-order valence-electron chi connectivity index (χ4n) is 3.76. The average molecular weight is 363 g/mol. The Morgan fingerprint density at radius 1 is 1.27 bits per heavy atom. The zero-order valence-corrected chi connectivity index (χ0v) is 15.7. The summed E-state index contributed by atoms with van der Waals surface area (Å²) in [6.45, 7) is 8.65. The summed E-state index contributed by atoms with van der Waals surface area (Å²) in [6.07, 6.45) is 0.900. The van der Waals surface area contributed by atoms with Crippen molar-refractivity contribution < 1.29 is 18.9 Å². The molecule has 3 rings (SSSR count). The van der Waals surface area contributed by atoms with Crippen molar-refractivity contribution >= 4 is 17.8 Å². The van der Waals surface area contributed by atoms with Gasteiger partial charge in [-0.2, -0.15) is 4.98 Å². The van der Waals surface area contributed by atoms with Crippen LogP contribution in [0.4, 0.5) is 4.79 Å². The van der Waals surface area contributed by atoms with E-state index in [2.05, 4.69) is 10.1 Å². The number of urea groups is 1. The summed E-state index contributed by atoms with van der Waals surface area (Å²) in [5, 5.41) is 3.80. The van der Waals surface area contributed by atoms with Crippen molar-refractivity contribution in [2.45, 2.75) is 52.6 Å². The second-order valence-electron chi connectivity index (χ2n) is 7.45. The Labute approximate surface area is 152 Å². The standard InChI is InChI=1S/C17H25N5O4/c1-11(2)9-22-16(25)21(10-14-18-12(3)26-19-14)15(24)17(22)5-7-20(8-6-17)13(4)23/h11H,5-10H2,1-4H3. The molecule has 0 atom stereocenters. The number of amides is 4. The van der Waals surface area contributed by atoms with Crippen molar-refractivity contribution in [1.29, 1.82) is 0 Å². The van der Waals surface area contributed by atoms with Crippen molar-refractivity contribution in [3.8, 4) is 0 Å². The van der Waals surface area contributed by atoms with E-state index >= 15 is 0 Å². The lowest BCUT2D eigenvalue weighted by molar-refractivity contribution is -0.140. The van der Waals surface area contributed by atoms with Crippen LogP contribution in [-0.4, -0.2) is 67.9 Å². The zero-order chi connectivity index (χ0) is 19.1. The van der Waals surface area contributed by atoms with E-state index in [0.29, 0.717) is 44.2 Å². The number of carbonyl (C=O) groups is 3. The molecule has 0 aliphatic carbocycles. The molecule has 1 spiro atoms. The summed E-state index contributed by atoms with van der Waals surface area (Å²) >= 11 is 0. The Kier molecular flexibility index (Phi) is 4.72. The first-order valence-corrected chi connectivity index (χ1v) is 8.93. The van der Waals surface area contributed by atoms with Gasteiger partial charge in [0.05, 0.1) is 6.54 Å². The molecule has 0 saturated carbocycles. The molecule has 0 bridgehead atoms. The van der Waals surface area contributed by atoms with Crippen molar-refractivity contribution in [2.24, 2.45) is 5.92 Å². The molecule has 4 amide bonds. The number of carbonyl (C=O) groups excluding carboxylic acids is 3. The van der Waals surface area contributed by atoms with Crippen molar-refractivity contribution in [3.05, 3.63) is 11.7 Å². The Balaban J connectivity index is 1.87. The van der Waals surface area contributed by atoms with Crippen molar-refractivity contribution in [3.63, 3.8) is 0 Å². The highest BCUT2D eigenvalue weighted by atomic mass is 16.5. The van der Waals surface area contributed by atoms with E-state index in [1.165, 1.54) is 11.8 Å². The van der Waals surface area contributed by atoms with Crippen LogP contribution in [0.3, 0.4) is 0 Å². The number of likely N-dealkylation sites (tertiary alicyclic amines) is 1. The first-order valence-electron chi connectivity index (χ1n) is 8.93. The van der Waals surface area contributed by atoms with Crippen molar-refractivity contribution in [1.82, 2.24) is 24.8 Å². The van der Waals surface area contributed by atoms with Gasteiger partial charge in [0.1, 0.15) is 5.54 Å². The molecule has 0 unspecified atom stereocenters. The van der Waals surface area contributed by atoms with Crippen molar-refractivity contribution in [2.75, 3.05) is 19.6 Å². The third-order valence-electron chi connectivity index (χ3n) is 5.07. The maximum Gasteiger partial charge on any atom is 0.328 e. The van der Waals surface area contributed by atoms with Gasteiger partial charge in [-0.15, -0.1) is 0 Å². The Morgan fingerprint density at radius 2 is 1.92 bits per heavy atom. The Morgan fingerprint density at radius 3 is 2.42 bits per heavy atom. The number of hydrogen-bond donors (Lipinski definition) is 0. The normalized spacial score (nSPS) is 20.0. The fourth-order valence-corrected chi connectivity index (χ4v) is 3.76. The molecular weight excluding hydrogens is 338 g/mol. The quantitative estimate of drug-likeness (QED) is 0.745. The highest BCUT2D eigenvalue weighted by molar-refractivity contribution is 6.07. The van der Waals surface area contributed by atoms with Gasteiger partial charge in [0.2, 0.25) is 11.8 Å². The summed E-state index contributed by atoms with van der Waals surface area (Å²) in [5.41, 5.74) is -0.883. The first kappa shape index (κ1) is 18.3. The third-order valence-corrected chi connectivity index (χ3v) is 5.07. The van der Waals surface area contributed by atoms with E-state index in [4.69, 9.17) is 4.52 Å². The molecule has 1 aromatic heterocycles. The van der Waals surface area contributed by atoms with Crippen LogP contribution in [0.15, 0.2) is 4.52 Å². The molecule has 3 heterocycles. The molecule has 0 aromatic carbocycles. The number of hydrogen-bond acceptors (Lipinski definition) is 6.